The second kappa shape index (κ2) is 4.58. The minimum atomic E-state index is 0.218. The standard InChI is InChI=1S/C13H17NO2/c1-10(9-15)8-14-6-5-11-7-12(16-2)3-4-13(11)14/h3-7,10,15H,8-9H2,1-2H3. The molecule has 3 heteroatoms. The zero-order valence-corrected chi connectivity index (χ0v) is 9.68. The molecule has 0 aliphatic carbocycles. The molecular formula is C13H17NO2. The normalized spacial score (nSPS) is 12.9. The number of rotatable bonds is 4. The molecule has 1 unspecified atom stereocenters. The third kappa shape index (κ3) is 2.04. The van der Waals surface area contributed by atoms with E-state index < -0.39 is 0 Å². The van der Waals surface area contributed by atoms with Crippen LogP contribution in [0.25, 0.3) is 10.9 Å². The van der Waals surface area contributed by atoms with Gasteiger partial charge < -0.3 is 14.4 Å². The maximum atomic E-state index is 9.05. The fourth-order valence-electron chi connectivity index (χ4n) is 1.86. The zero-order chi connectivity index (χ0) is 11.5. The number of nitrogens with zero attached hydrogens (tertiary/aromatic N) is 1. The average Bonchev–Trinajstić information content (AvgIpc) is 2.71. The van der Waals surface area contributed by atoms with Crippen LogP contribution in [0.15, 0.2) is 30.5 Å². The highest BCUT2D eigenvalue weighted by Crippen LogP contribution is 2.22. The lowest BCUT2D eigenvalue weighted by Crippen LogP contribution is -2.09. The van der Waals surface area contributed by atoms with E-state index in [1.807, 2.05) is 19.1 Å². The first-order chi connectivity index (χ1) is 7.74. The highest BCUT2D eigenvalue weighted by molar-refractivity contribution is 5.81. The Morgan fingerprint density at radius 1 is 1.38 bits per heavy atom. The second-order valence-electron chi connectivity index (χ2n) is 4.18. The van der Waals surface area contributed by atoms with E-state index in [0.29, 0.717) is 0 Å². The lowest BCUT2D eigenvalue weighted by Gasteiger charge is -2.10. The number of ether oxygens (including phenoxy) is 1. The molecule has 0 fully saturated rings. The summed E-state index contributed by atoms with van der Waals surface area (Å²) in [5, 5.41) is 10.2. The maximum absolute atomic E-state index is 9.05. The van der Waals surface area contributed by atoms with Gasteiger partial charge in [-0.15, -0.1) is 0 Å². The molecular weight excluding hydrogens is 202 g/mol. The summed E-state index contributed by atoms with van der Waals surface area (Å²) < 4.78 is 7.35. The van der Waals surface area contributed by atoms with Gasteiger partial charge in [0.1, 0.15) is 5.75 Å². The molecule has 2 aromatic rings. The Kier molecular flexibility index (Phi) is 3.15. The number of aliphatic hydroxyl groups excluding tert-OH is 1. The van der Waals surface area contributed by atoms with E-state index in [-0.39, 0.29) is 12.5 Å². The molecule has 1 N–H and O–H groups in total. The molecule has 0 spiro atoms. The smallest absolute Gasteiger partial charge is 0.119 e. The molecule has 0 amide bonds. The van der Waals surface area contributed by atoms with Crippen LogP contribution in [-0.4, -0.2) is 23.4 Å². The van der Waals surface area contributed by atoms with E-state index in [0.717, 1.165) is 12.3 Å². The van der Waals surface area contributed by atoms with Crippen molar-refractivity contribution in [1.82, 2.24) is 4.57 Å². The molecule has 1 aromatic carbocycles. The molecule has 86 valence electrons. The predicted octanol–water partition coefficient (Wildman–Crippen LogP) is 2.28. The van der Waals surface area contributed by atoms with Crippen LogP contribution in [0.4, 0.5) is 0 Å². The Hall–Kier alpha value is -1.48. The molecule has 0 aliphatic rings. The average molecular weight is 219 g/mol. The van der Waals surface area contributed by atoms with Crippen LogP contribution in [0.2, 0.25) is 0 Å². The van der Waals surface area contributed by atoms with Gasteiger partial charge in [0.2, 0.25) is 0 Å². The topological polar surface area (TPSA) is 34.4 Å². The van der Waals surface area contributed by atoms with Crippen LogP contribution < -0.4 is 4.74 Å². The minimum Gasteiger partial charge on any atom is -0.497 e. The summed E-state index contributed by atoms with van der Waals surface area (Å²) in [6, 6.07) is 8.11. The fourth-order valence-corrected chi connectivity index (χ4v) is 1.86. The molecule has 1 heterocycles. The lowest BCUT2D eigenvalue weighted by molar-refractivity contribution is 0.224. The van der Waals surface area contributed by atoms with Gasteiger partial charge in [0, 0.05) is 30.3 Å². The summed E-state index contributed by atoms with van der Waals surface area (Å²) in [6.07, 6.45) is 2.05. The first-order valence-electron chi connectivity index (χ1n) is 5.48. The van der Waals surface area contributed by atoms with Crippen molar-refractivity contribution in [2.24, 2.45) is 5.92 Å². The second-order valence-corrected chi connectivity index (χ2v) is 4.18. The molecule has 0 radical (unpaired) electrons. The summed E-state index contributed by atoms with van der Waals surface area (Å²) in [5.74, 6) is 1.15. The van der Waals surface area contributed by atoms with E-state index in [9.17, 15) is 0 Å². The predicted molar refractivity (Wildman–Crippen MR) is 64.7 cm³/mol. The van der Waals surface area contributed by atoms with Gasteiger partial charge in [0.15, 0.2) is 0 Å². The molecule has 0 aliphatic heterocycles. The van der Waals surface area contributed by atoms with Crippen molar-refractivity contribution < 1.29 is 9.84 Å². The summed E-state index contributed by atoms with van der Waals surface area (Å²) >= 11 is 0. The number of hydrogen-bond acceptors (Lipinski definition) is 2. The Balaban J connectivity index is 2.34. The SMILES string of the molecule is COc1ccc2c(ccn2CC(C)CO)c1. The van der Waals surface area contributed by atoms with Gasteiger partial charge in [-0.2, -0.15) is 0 Å². The van der Waals surface area contributed by atoms with Gasteiger partial charge in [0.05, 0.1) is 7.11 Å². The fraction of sp³-hybridized carbons (Fsp3) is 0.385. The lowest BCUT2D eigenvalue weighted by atomic mass is 10.2. The first-order valence-corrected chi connectivity index (χ1v) is 5.48. The highest BCUT2D eigenvalue weighted by Gasteiger charge is 2.05. The molecule has 2 rings (SSSR count). The number of fused-ring (bicyclic) bond motifs is 1. The number of methoxy groups -OCH3 is 1. The largest absolute Gasteiger partial charge is 0.497 e. The number of aliphatic hydroxyl groups is 1. The van der Waals surface area contributed by atoms with Gasteiger partial charge >= 0.3 is 0 Å². The summed E-state index contributed by atoms with van der Waals surface area (Å²) in [6.45, 7) is 3.09. The van der Waals surface area contributed by atoms with Crippen LogP contribution in [0, 0.1) is 5.92 Å². The number of aromatic nitrogens is 1. The van der Waals surface area contributed by atoms with Crippen molar-refractivity contribution in [3.63, 3.8) is 0 Å². The quantitative estimate of drug-likeness (QED) is 0.856. The van der Waals surface area contributed by atoms with E-state index >= 15 is 0 Å². The van der Waals surface area contributed by atoms with Crippen LogP contribution in [-0.2, 0) is 6.54 Å². The van der Waals surface area contributed by atoms with E-state index in [4.69, 9.17) is 9.84 Å². The van der Waals surface area contributed by atoms with Gasteiger partial charge in [-0.25, -0.2) is 0 Å². The highest BCUT2D eigenvalue weighted by atomic mass is 16.5. The Morgan fingerprint density at radius 2 is 2.19 bits per heavy atom. The third-order valence-corrected chi connectivity index (χ3v) is 2.80. The first kappa shape index (κ1) is 11.0. The van der Waals surface area contributed by atoms with Crippen LogP contribution in [0.3, 0.4) is 0 Å². The minimum absolute atomic E-state index is 0.218. The van der Waals surface area contributed by atoms with E-state index in [1.54, 1.807) is 7.11 Å². The molecule has 0 saturated heterocycles. The Morgan fingerprint density at radius 3 is 2.88 bits per heavy atom. The third-order valence-electron chi connectivity index (χ3n) is 2.80. The Bertz CT molecular complexity index is 476. The van der Waals surface area contributed by atoms with Crippen LogP contribution in [0.5, 0.6) is 5.75 Å². The van der Waals surface area contributed by atoms with Crippen molar-refractivity contribution in [3.05, 3.63) is 30.5 Å². The van der Waals surface area contributed by atoms with Crippen molar-refractivity contribution in [2.75, 3.05) is 13.7 Å². The monoisotopic (exact) mass is 219 g/mol. The van der Waals surface area contributed by atoms with Crippen molar-refractivity contribution >= 4 is 10.9 Å². The van der Waals surface area contributed by atoms with Crippen molar-refractivity contribution in [1.29, 1.82) is 0 Å². The van der Waals surface area contributed by atoms with E-state index in [2.05, 4.69) is 22.9 Å². The number of benzene rings is 1. The molecule has 0 saturated carbocycles. The van der Waals surface area contributed by atoms with Crippen molar-refractivity contribution in [2.45, 2.75) is 13.5 Å². The molecule has 0 bridgehead atoms. The molecule has 1 aromatic heterocycles. The maximum Gasteiger partial charge on any atom is 0.119 e. The van der Waals surface area contributed by atoms with Gasteiger partial charge in [-0.1, -0.05) is 6.92 Å². The van der Waals surface area contributed by atoms with E-state index in [1.165, 1.54) is 10.9 Å². The summed E-state index contributed by atoms with van der Waals surface area (Å²) in [5.41, 5.74) is 1.18. The van der Waals surface area contributed by atoms with Crippen LogP contribution in [0.1, 0.15) is 6.92 Å². The van der Waals surface area contributed by atoms with Gasteiger partial charge in [0.25, 0.3) is 0 Å². The van der Waals surface area contributed by atoms with Gasteiger partial charge in [-0.05, 0) is 30.2 Å². The Labute approximate surface area is 95.3 Å². The van der Waals surface area contributed by atoms with Crippen LogP contribution >= 0.6 is 0 Å². The summed E-state index contributed by atoms with van der Waals surface area (Å²) in [7, 11) is 1.67. The number of hydrogen-bond donors (Lipinski definition) is 1. The molecule has 16 heavy (non-hydrogen) atoms. The molecule has 1 atom stereocenters. The van der Waals surface area contributed by atoms with Crippen molar-refractivity contribution in [3.8, 4) is 5.75 Å². The summed E-state index contributed by atoms with van der Waals surface area (Å²) in [4.78, 5) is 0. The van der Waals surface area contributed by atoms with Gasteiger partial charge in [-0.3, -0.25) is 0 Å². The zero-order valence-electron chi connectivity index (χ0n) is 9.68. The molecule has 3 nitrogen and oxygen atoms in total.